The Morgan fingerprint density at radius 3 is 2.92 bits per heavy atom. The Balaban J connectivity index is 0.00000243. The predicted molar refractivity (Wildman–Crippen MR) is 127 cm³/mol. The average molecular weight is 510 g/mol. The molecule has 1 aromatic rings. The summed E-state index contributed by atoms with van der Waals surface area (Å²) in [5.74, 6) is 2.15. The minimum atomic E-state index is 0. The zero-order valence-electron chi connectivity index (χ0n) is 15.9. The number of aromatic nitrogens is 1. The summed E-state index contributed by atoms with van der Waals surface area (Å²) in [5, 5.41) is 11.3. The molecule has 1 saturated heterocycles. The molecule has 1 aliphatic heterocycles. The Kier molecular flexibility index (Phi) is 9.83. The second-order valence-electron chi connectivity index (χ2n) is 6.80. The van der Waals surface area contributed by atoms with Crippen molar-refractivity contribution in [3.05, 3.63) is 11.1 Å². The van der Waals surface area contributed by atoms with Gasteiger partial charge in [0.05, 0.1) is 5.69 Å². The maximum Gasteiger partial charge on any atom is 0.191 e. The first-order valence-corrected chi connectivity index (χ1v) is 11.5. The minimum absolute atomic E-state index is 0. The van der Waals surface area contributed by atoms with Gasteiger partial charge in [-0.2, -0.15) is 11.8 Å². The topological polar surface area (TPSA) is 52.6 Å². The highest BCUT2D eigenvalue weighted by Crippen LogP contribution is 2.29. The predicted octanol–water partition coefficient (Wildman–Crippen LogP) is 3.74. The van der Waals surface area contributed by atoms with E-state index in [0.717, 1.165) is 24.2 Å². The molecule has 2 heterocycles. The Hall–Kier alpha value is -0.220. The molecule has 148 valence electrons. The van der Waals surface area contributed by atoms with E-state index in [2.05, 4.69) is 44.6 Å². The largest absolute Gasteiger partial charge is 0.356 e. The fraction of sp³-hybridized carbons (Fsp3) is 0.778. The van der Waals surface area contributed by atoms with Crippen molar-refractivity contribution in [3.63, 3.8) is 0 Å². The highest BCUT2D eigenvalue weighted by Gasteiger charge is 2.25. The highest BCUT2D eigenvalue weighted by atomic mass is 127. The second-order valence-corrected chi connectivity index (χ2v) is 9.21. The van der Waals surface area contributed by atoms with E-state index in [1.54, 1.807) is 11.3 Å². The Bertz CT molecular complexity index is 560. The summed E-state index contributed by atoms with van der Waals surface area (Å²) in [6, 6.07) is 0.566. The molecule has 0 radical (unpaired) electrons. The Morgan fingerprint density at radius 2 is 2.19 bits per heavy atom. The molecule has 0 aromatic carbocycles. The summed E-state index contributed by atoms with van der Waals surface area (Å²) in [7, 11) is 1.86. The molecule has 1 aromatic heterocycles. The number of nitrogens with one attached hydrogen (secondary N) is 2. The minimum Gasteiger partial charge on any atom is -0.356 e. The molecular formula is C18H32IN5S2. The van der Waals surface area contributed by atoms with Crippen LogP contribution in [-0.2, 0) is 6.42 Å². The van der Waals surface area contributed by atoms with Gasteiger partial charge in [0.15, 0.2) is 11.1 Å². The third-order valence-electron chi connectivity index (χ3n) is 4.94. The van der Waals surface area contributed by atoms with Gasteiger partial charge in [-0.25, -0.2) is 4.98 Å². The molecule has 1 saturated carbocycles. The third kappa shape index (κ3) is 6.44. The van der Waals surface area contributed by atoms with Crippen LogP contribution in [0.15, 0.2) is 10.4 Å². The van der Waals surface area contributed by atoms with Gasteiger partial charge in [0.1, 0.15) is 0 Å². The summed E-state index contributed by atoms with van der Waals surface area (Å²) in [6.07, 6.45) is 7.39. The van der Waals surface area contributed by atoms with Crippen LogP contribution in [0.2, 0.25) is 0 Å². The standard InChI is InChI=1S/C18H31N5S2.HI/c1-3-24-16-7-6-14(12-16)21-17(19-2)20-9-8-15-13-25-18(22-15)23-10-4-5-11-23;/h13-14,16H,3-12H2,1-2H3,(H2,19,20,21);1H. The van der Waals surface area contributed by atoms with Crippen LogP contribution in [0.5, 0.6) is 0 Å². The van der Waals surface area contributed by atoms with Crippen molar-refractivity contribution in [2.75, 3.05) is 37.3 Å². The summed E-state index contributed by atoms with van der Waals surface area (Å²) in [5.41, 5.74) is 1.19. The second kappa shape index (κ2) is 11.6. The first-order chi connectivity index (χ1) is 12.3. The lowest BCUT2D eigenvalue weighted by atomic mass is 10.2. The van der Waals surface area contributed by atoms with Crippen molar-refractivity contribution in [1.29, 1.82) is 0 Å². The Morgan fingerprint density at radius 1 is 1.38 bits per heavy atom. The van der Waals surface area contributed by atoms with Crippen LogP contribution in [0.4, 0.5) is 5.13 Å². The van der Waals surface area contributed by atoms with Crippen molar-refractivity contribution < 1.29 is 0 Å². The number of guanidine groups is 1. The molecule has 0 bridgehead atoms. The highest BCUT2D eigenvalue weighted by molar-refractivity contribution is 14.0. The van der Waals surface area contributed by atoms with Gasteiger partial charge in [-0.05, 0) is 37.9 Å². The van der Waals surface area contributed by atoms with E-state index in [4.69, 9.17) is 4.98 Å². The smallest absolute Gasteiger partial charge is 0.191 e. The average Bonchev–Trinajstić information content (AvgIpc) is 3.36. The molecule has 3 rings (SSSR count). The van der Waals surface area contributed by atoms with Crippen molar-refractivity contribution in [2.24, 2.45) is 4.99 Å². The van der Waals surface area contributed by atoms with Crippen molar-refractivity contribution in [1.82, 2.24) is 15.6 Å². The maximum atomic E-state index is 4.79. The van der Waals surface area contributed by atoms with Crippen LogP contribution in [0, 0.1) is 0 Å². The molecule has 26 heavy (non-hydrogen) atoms. The Labute approximate surface area is 183 Å². The van der Waals surface area contributed by atoms with Crippen LogP contribution >= 0.6 is 47.1 Å². The van der Waals surface area contributed by atoms with Crippen LogP contribution in [-0.4, -0.2) is 54.7 Å². The summed E-state index contributed by atoms with van der Waals surface area (Å²) < 4.78 is 0. The molecule has 2 fully saturated rings. The first kappa shape index (κ1) is 22.1. The summed E-state index contributed by atoms with van der Waals surface area (Å²) >= 11 is 3.87. The monoisotopic (exact) mass is 509 g/mol. The molecule has 2 unspecified atom stereocenters. The van der Waals surface area contributed by atoms with Crippen LogP contribution < -0.4 is 15.5 Å². The van der Waals surface area contributed by atoms with Gasteiger partial charge in [-0.15, -0.1) is 35.3 Å². The zero-order chi connectivity index (χ0) is 17.5. The quantitative estimate of drug-likeness (QED) is 0.333. The van der Waals surface area contributed by atoms with Crippen LogP contribution in [0.3, 0.4) is 0 Å². The fourth-order valence-corrected chi connectivity index (χ4v) is 5.68. The fourth-order valence-electron chi connectivity index (χ4n) is 3.62. The lowest BCUT2D eigenvalue weighted by Gasteiger charge is -2.17. The number of hydrogen-bond acceptors (Lipinski definition) is 5. The van der Waals surface area contributed by atoms with Crippen LogP contribution in [0.25, 0.3) is 0 Å². The SMILES string of the molecule is CCSC1CCC(NC(=NC)NCCc2csc(N3CCCC3)n2)C1.I. The normalized spacial score (nSPS) is 23.2. The van der Waals surface area contributed by atoms with Gasteiger partial charge in [-0.3, -0.25) is 4.99 Å². The molecule has 0 amide bonds. The van der Waals surface area contributed by atoms with E-state index in [1.807, 2.05) is 7.05 Å². The number of halogens is 1. The number of anilines is 1. The first-order valence-electron chi connectivity index (χ1n) is 9.56. The van der Waals surface area contributed by atoms with Crippen molar-refractivity contribution in [3.8, 4) is 0 Å². The van der Waals surface area contributed by atoms with Gasteiger partial charge in [0.2, 0.25) is 0 Å². The zero-order valence-corrected chi connectivity index (χ0v) is 19.8. The lowest BCUT2D eigenvalue weighted by Crippen LogP contribution is -2.43. The van der Waals surface area contributed by atoms with Gasteiger partial charge in [0.25, 0.3) is 0 Å². The molecule has 2 atom stereocenters. The van der Waals surface area contributed by atoms with Gasteiger partial charge in [0, 0.05) is 49.8 Å². The summed E-state index contributed by atoms with van der Waals surface area (Å²) in [4.78, 5) is 11.6. The molecule has 1 aliphatic carbocycles. The molecule has 8 heteroatoms. The lowest BCUT2D eigenvalue weighted by molar-refractivity contribution is 0.614. The van der Waals surface area contributed by atoms with Gasteiger partial charge < -0.3 is 15.5 Å². The van der Waals surface area contributed by atoms with Crippen LogP contribution in [0.1, 0.15) is 44.7 Å². The van der Waals surface area contributed by atoms with E-state index < -0.39 is 0 Å². The third-order valence-corrected chi connectivity index (χ3v) is 7.12. The number of aliphatic imine (C=N–C) groups is 1. The number of thioether (sulfide) groups is 1. The number of hydrogen-bond donors (Lipinski definition) is 2. The van der Waals surface area contributed by atoms with Crippen molar-refractivity contribution >= 4 is 58.2 Å². The summed E-state index contributed by atoms with van der Waals surface area (Å²) in [6.45, 7) is 5.46. The number of thiazole rings is 1. The van der Waals surface area contributed by atoms with E-state index in [9.17, 15) is 0 Å². The molecule has 2 aliphatic rings. The van der Waals surface area contributed by atoms with E-state index in [1.165, 1.54) is 61.8 Å². The number of rotatable bonds is 7. The molecule has 2 N–H and O–H groups in total. The van der Waals surface area contributed by atoms with E-state index >= 15 is 0 Å². The van der Waals surface area contributed by atoms with Crippen molar-refractivity contribution in [2.45, 2.75) is 56.7 Å². The van der Waals surface area contributed by atoms with Gasteiger partial charge in [-0.1, -0.05) is 6.92 Å². The maximum absolute atomic E-state index is 4.79. The molecular weight excluding hydrogens is 477 g/mol. The molecule has 0 spiro atoms. The van der Waals surface area contributed by atoms with E-state index in [-0.39, 0.29) is 24.0 Å². The van der Waals surface area contributed by atoms with E-state index in [0.29, 0.717) is 6.04 Å². The number of nitrogens with zero attached hydrogens (tertiary/aromatic N) is 3. The molecule has 5 nitrogen and oxygen atoms in total. The van der Waals surface area contributed by atoms with Gasteiger partial charge >= 0.3 is 0 Å².